The SMILES string of the molecule is CC(C)(CN)CCc1ccc2c(c1)CCC2. The molecule has 0 radical (unpaired) electrons. The summed E-state index contributed by atoms with van der Waals surface area (Å²) in [6, 6.07) is 7.04. The van der Waals surface area contributed by atoms with Crippen LogP contribution < -0.4 is 5.73 Å². The third-order valence-electron chi connectivity index (χ3n) is 3.81. The van der Waals surface area contributed by atoms with Gasteiger partial charge in [-0.25, -0.2) is 0 Å². The van der Waals surface area contributed by atoms with Crippen LogP contribution in [0.15, 0.2) is 18.2 Å². The molecule has 0 amide bonds. The Morgan fingerprint density at radius 1 is 1.19 bits per heavy atom. The number of hydrogen-bond acceptors (Lipinski definition) is 1. The lowest BCUT2D eigenvalue weighted by molar-refractivity contribution is 0.348. The Balaban J connectivity index is 2.00. The van der Waals surface area contributed by atoms with Crippen molar-refractivity contribution in [3.05, 3.63) is 34.9 Å². The van der Waals surface area contributed by atoms with Gasteiger partial charge in [-0.3, -0.25) is 0 Å². The summed E-state index contributed by atoms with van der Waals surface area (Å²) in [7, 11) is 0. The van der Waals surface area contributed by atoms with E-state index in [0.29, 0.717) is 0 Å². The van der Waals surface area contributed by atoms with Crippen molar-refractivity contribution in [2.45, 2.75) is 46.0 Å². The van der Waals surface area contributed by atoms with Crippen molar-refractivity contribution in [2.75, 3.05) is 6.54 Å². The molecule has 1 aromatic carbocycles. The smallest absolute Gasteiger partial charge is 0.00257 e. The third-order valence-corrected chi connectivity index (χ3v) is 3.81. The Kier molecular flexibility index (Phi) is 3.34. The quantitative estimate of drug-likeness (QED) is 0.824. The first kappa shape index (κ1) is 11.7. The number of fused-ring (bicyclic) bond motifs is 1. The molecule has 0 saturated carbocycles. The maximum atomic E-state index is 5.76. The van der Waals surface area contributed by atoms with Gasteiger partial charge in [-0.15, -0.1) is 0 Å². The lowest BCUT2D eigenvalue weighted by atomic mass is 9.86. The highest BCUT2D eigenvalue weighted by Gasteiger charge is 2.16. The Morgan fingerprint density at radius 3 is 2.69 bits per heavy atom. The molecule has 1 aliphatic carbocycles. The van der Waals surface area contributed by atoms with Gasteiger partial charge in [-0.2, -0.15) is 0 Å². The Bertz CT molecular complexity index is 366. The molecule has 0 saturated heterocycles. The molecule has 1 aromatic rings. The molecule has 0 aliphatic heterocycles. The first-order chi connectivity index (χ1) is 7.61. The minimum Gasteiger partial charge on any atom is -0.330 e. The molecule has 1 nitrogen and oxygen atoms in total. The summed E-state index contributed by atoms with van der Waals surface area (Å²) in [4.78, 5) is 0. The lowest BCUT2D eigenvalue weighted by Gasteiger charge is -2.22. The van der Waals surface area contributed by atoms with Gasteiger partial charge in [0.25, 0.3) is 0 Å². The van der Waals surface area contributed by atoms with E-state index in [-0.39, 0.29) is 5.41 Å². The van der Waals surface area contributed by atoms with E-state index in [9.17, 15) is 0 Å². The predicted molar refractivity (Wildman–Crippen MR) is 69.6 cm³/mol. The molecule has 1 aliphatic rings. The molecule has 16 heavy (non-hydrogen) atoms. The molecule has 2 rings (SSSR count). The highest BCUT2D eigenvalue weighted by Crippen LogP contribution is 2.25. The standard InChI is InChI=1S/C15H23N/c1-15(2,11-16)9-8-12-6-7-13-4-3-5-14(13)10-12/h6-7,10H,3-5,8-9,11,16H2,1-2H3. The van der Waals surface area contributed by atoms with Gasteiger partial charge in [0.05, 0.1) is 0 Å². The topological polar surface area (TPSA) is 26.0 Å². The van der Waals surface area contributed by atoms with E-state index in [1.165, 1.54) is 31.2 Å². The van der Waals surface area contributed by atoms with E-state index in [1.807, 2.05) is 0 Å². The van der Waals surface area contributed by atoms with Gasteiger partial charge in [-0.05, 0) is 60.8 Å². The van der Waals surface area contributed by atoms with Crippen molar-refractivity contribution < 1.29 is 0 Å². The van der Waals surface area contributed by atoms with Crippen LogP contribution in [0.4, 0.5) is 0 Å². The lowest BCUT2D eigenvalue weighted by Crippen LogP contribution is -2.24. The van der Waals surface area contributed by atoms with Gasteiger partial charge in [0.1, 0.15) is 0 Å². The number of benzene rings is 1. The second kappa shape index (κ2) is 4.58. The van der Waals surface area contributed by atoms with Crippen molar-refractivity contribution >= 4 is 0 Å². The van der Waals surface area contributed by atoms with Crippen molar-refractivity contribution in [3.8, 4) is 0 Å². The molecule has 0 heterocycles. The van der Waals surface area contributed by atoms with Crippen LogP contribution in [0.25, 0.3) is 0 Å². The number of aryl methyl sites for hydroxylation is 3. The van der Waals surface area contributed by atoms with E-state index in [2.05, 4.69) is 32.0 Å². The molecule has 88 valence electrons. The Hall–Kier alpha value is -0.820. The Morgan fingerprint density at radius 2 is 1.94 bits per heavy atom. The fraction of sp³-hybridized carbons (Fsp3) is 0.600. The molecule has 2 N–H and O–H groups in total. The summed E-state index contributed by atoms with van der Waals surface area (Å²) in [5.41, 5.74) is 10.7. The molecule has 0 bridgehead atoms. The van der Waals surface area contributed by atoms with Crippen LogP contribution in [0.5, 0.6) is 0 Å². The van der Waals surface area contributed by atoms with Gasteiger partial charge in [0.2, 0.25) is 0 Å². The van der Waals surface area contributed by atoms with Crippen LogP contribution in [0.3, 0.4) is 0 Å². The summed E-state index contributed by atoms with van der Waals surface area (Å²) >= 11 is 0. The molecule has 0 fully saturated rings. The maximum absolute atomic E-state index is 5.76. The van der Waals surface area contributed by atoms with Gasteiger partial charge in [0, 0.05) is 0 Å². The van der Waals surface area contributed by atoms with E-state index in [4.69, 9.17) is 5.73 Å². The van der Waals surface area contributed by atoms with Crippen molar-refractivity contribution in [3.63, 3.8) is 0 Å². The zero-order valence-electron chi connectivity index (χ0n) is 10.6. The molecule has 0 spiro atoms. The van der Waals surface area contributed by atoms with Crippen LogP contribution in [-0.2, 0) is 19.3 Å². The van der Waals surface area contributed by atoms with E-state index >= 15 is 0 Å². The minimum absolute atomic E-state index is 0.277. The molecule has 1 heteroatoms. The number of hydrogen-bond donors (Lipinski definition) is 1. The first-order valence-electron chi connectivity index (χ1n) is 6.41. The van der Waals surface area contributed by atoms with Crippen molar-refractivity contribution in [1.29, 1.82) is 0 Å². The zero-order chi connectivity index (χ0) is 11.6. The predicted octanol–water partition coefficient (Wildman–Crippen LogP) is 3.09. The highest BCUT2D eigenvalue weighted by atomic mass is 14.6. The number of rotatable bonds is 4. The van der Waals surface area contributed by atoms with Crippen LogP contribution in [0.2, 0.25) is 0 Å². The number of nitrogens with two attached hydrogens (primary N) is 1. The second-order valence-electron chi connectivity index (χ2n) is 5.82. The normalized spacial score (nSPS) is 15.2. The van der Waals surface area contributed by atoms with Crippen molar-refractivity contribution in [1.82, 2.24) is 0 Å². The zero-order valence-corrected chi connectivity index (χ0v) is 10.6. The summed E-state index contributed by atoms with van der Waals surface area (Å²) < 4.78 is 0. The van der Waals surface area contributed by atoms with Gasteiger partial charge >= 0.3 is 0 Å². The first-order valence-corrected chi connectivity index (χ1v) is 6.41. The summed E-state index contributed by atoms with van der Waals surface area (Å²) in [5.74, 6) is 0. The van der Waals surface area contributed by atoms with Crippen LogP contribution in [-0.4, -0.2) is 6.54 Å². The second-order valence-corrected chi connectivity index (χ2v) is 5.82. The molecule has 0 aromatic heterocycles. The molecule has 0 atom stereocenters. The summed E-state index contributed by atoms with van der Waals surface area (Å²) in [5, 5.41) is 0. The summed E-state index contributed by atoms with van der Waals surface area (Å²) in [6.45, 7) is 5.28. The van der Waals surface area contributed by atoms with Gasteiger partial charge < -0.3 is 5.73 Å². The molecular weight excluding hydrogens is 194 g/mol. The minimum atomic E-state index is 0.277. The molecule has 0 unspecified atom stereocenters. The maximum Gasteiger partial charge on any atom is -0.00257 e. The van der Waals surface area contributed by atoms with E-state index in [1.54, 1.807) is 11.1 Å². The fourth-order valence-electron chi connectivity index (χ4n) is 2.37. The molecular formula is C15H23N. The van der Waals surface area contributed by atoms with Crippen LogP contribution >= 0.6 is 0 Å². The monoisotopic (exact) mass is 217 g/mol. The highest BCUT2D eigenvalue weighted by molar-refractivity contribution is 5.35. The van der Waals surface area contributed by atoms with E-state index in [0.717, 1.165) is 13.0 Å². The van der Waals surface area contributed by atoms with Gasteiger partial charge in [0.15, 0.2) is 0 Å². The van der Waals surface area contributed by atoms with Crippen LogP contribution in [0.1, 0.15) is 43.4 Å². The van der Waals surface area contributed by atoms with E-state index < -0.39 is 0 Å². The average molecular weight is 217 g/mol. The Labute approximate surface area is 99.0 Å². The summed E-state index contributed by atoms with van der Waals surface area (Å²) in [6.07, 6.45) is 6.25. The average Bonchev–Trinajstić information content (AvgIpc) is 2.73. The fourth-order valence-corrected chi connectivity index (χ4v) is 2.37. The largest absolute Gasteiger partial charge is 0.330 e. The van der Waals surface area contributed by atoms with Crippen molar-refractivity contribution in [2.24, 2.45) is 11.1 Å². The van der Waals surface area contributed by atoms with Gasteiger partial charge in [-0.1, -0.05) is 32.0 Å². The van der Waals surface area contributed by atoms with Crippen LogP contribution in [0, 0.1) is 5.41 Å². The third kappa shape index (κ3) is 2.65.